The molecule has 2 aromatic carbocycles. The van der Waals surface area contributed by atoms with Crippen LogP contribution in [0.2, 0.25) is 0 Å². The minimum atomic E-state index is -4.15. The van der Waals surface area contributed by atoms with Gasteiger partial charge in [-0.05, 0) is 30.3 Å². The third kappa shape index (κ3) is 2.67. The predicted octanol–water partition coefficient (Wildman–Crippen LogP) is 1.91. The molecule has 0 aliphatic carbocycles. The van der Waals surface area contributed by atoms with Gasteiger partial charge in [-0.15, -0.1) is 0 Å². The highest BCUT2D eigenvalue weighted by Gasteiger charge is 2.40. The lowest BCUT2D eigenvalue weighted by molar-refractivity contribution is 0.104. The zero-order chi connectivity index (χ0) is 18.2. The molecule has 1 heterocycles. The summed E-state index contributed by atoms with van der Waals surface area (Å²) in [5.41, 5.74) is -0.0254. The Balaban J connectivity index is 2.15. The van der Waals surface area contributed by atoms with Gasteiger partial charge in [0.25, 0.3) is 0 Å². The van der Waals surface area contributed by atoms with E-state index in [4.69, 9.17) is 0 Å². The van der Waals surface area contributed by atoms with Gasteiger partial charge in [-0.3, -0.25) is 4.79 Å². The SMILES string of the molecule is N#CC(C=C1C(=O)c2ccccc2S1(=O)=O)S(=O)(=O)c1ccccc1. The molecule has 0 bridgehead atoms. The second kappa shape index (κ2) is 5.95. The van der Waals surface area contributed by atoms with E-state index in [9.17, 15) is 26.9 Å². The molecule has 0 fully saturated rings. The predicted molar refractivity (Wildman–Crippen MR) is 89.1 cm³/mol. The number of Topliss-reactive ketones (excluding diaryl/α,β-unsaturated/α-hetero) is 1. The monoisotopic (exact) mass is 373 g/mol. The lowest BCUT2D eigenvalue weighted by Crippen LogP contribution is -2.19. The summed E-state index contributed by atoms with van der Waals surface area (Å²) in [5.74, 6) is -0.806. The van der Waals surface area contributed by atoms with Gasteiger partial charge in [-0.25, -0.2) is 16.8 Å². The minimum Gasteiger partial charge on any atom is -0.288 e. The van der Waals surface area contributed by atoms with E-state index in [1.165, 1.54) is 48.5 Å². The Kier molecular flexibility index (Phi) is 4.06. The molecule has 0 aromatic heterocycles. The van der Waals surface area contributed by atoms with Crippen molar-refractivity contribution < 1.29 is 21.6 Å². The van der Waals surface area contributed by atoms with Crippen LogP contribution in [0.15, 0.2) is 75.4 Å². The number of rotatable bonds is 3. The van der Waals surface area contributed by atoms with Gasteiger partial charge in [-0.2, -0.15) is 5.26 Å². The standard InChI is InChI=1S/C17H11NO5S2/c18-11-13(24(20,21)12-6-2-1-3-7-12)10-16-17(19)14-8-4-5-9-15(14)25(16,22)23/h1-10,13H. The molecule has 0 saturated heterocycles. The Morgan fingerprint density at radius 3 is 2.20 bits per heavy atom. The Morgan fingerprint density at radius 1 is 1.00 bits per heavy atom. The summed E-state index contributed by atoms with van der Waals surface area (Å²) in [6, 6.07) is 14.4. The van der Waals surface area contributed by atoms with E-state index < -0.39 is 35.6 Å². The van der Waals surface area contributed by atoms with E-state index in [1.807, 2.05) is 0 Å². The number of sulfone groups is 2. The molecule has 0 N–H and O–H groups in total. The average Bonchev–Trinajstić information content (AvgIpc) is 2.80. The smallest absolute Gasteiger partial charge is 0.210 e. The van der Waals surface area contributed by atoms with Crippen LogP contribution in [0.3, 0.4) is 0 Å². The number of fused-ring (bicyclic) bond motifs is 1. The average molecular weight is 373 g/mol. The quantitative estimate of drug-likeness (QED) is 0.760. The molecule has 6 nitrogen and oxygen atoms in total. The number of nitrogens with zero attached hydrogens (tertiary/aromatic N) is 1. The Labute approximate surface area is 144 Å². The minimum absolute atomic E-state index is 0.0254. The van der Waals surface area contributed by atoms with Crippen LogP contribution in [0.4, 0.5) is 0 Å². The molecule has 1 aliphatic rings. The van der Waals surface area contributed by atoms with Gasteiger partial charge in [0.2, 0.25) is 15.6 Å². The molecule has 2 aromatic rings. The van der Waals surface area contributed by atoms with Crippen molar-refractivity contribution in [1.82, 2.24) is 0 Å². The van der Waals surface area contributed by atoms with E-state index in [1.54, 1.807) is 12.1 Å². The summed E-state index contributed by atoms with van der Waals surface area (Å²) >= 11 is 0. The van der Waals surface area contributed by atoms with Gasteiger partial charge in [0.1, 0.15) is 4.91 Å². The van der Waals surface area contributed by atoms with Gasteiger partial charge in [0.15, 0.2) is 15.1 Å². The molecule has 0 spiro atoms. The van der Waals surface area contributed by atoms with E-state index in [0.717, 1.165) is 6.08 Å². The normalized spacial score (nSPS) is 18.5. The highest BCUT2D eigenvalue weighted by Crippen LogP contribution is 2.34. The van der Waals surface area contributed by atoms with Crippen molar-refractivity contribution in [2.24, 2.45) is 0 Å². The summed E-state index contributed by atoms with van der Waals surface area (Å²) < 4.78 is 50.2. The van der Waals surface area contributed by atoms with Gasteiger partial charge >= 0.3 is 0 Å². The molecule has 1 atom stereocenters. The number of benzene rings is 2. The van der Waals surface area contributed by atoms with Crippen molar-refractivity contribution in [2.75, 3.05) is 0 Å². The molecular weight excluding hydrogens is 362 g/mol. The maximum absolute atomic E-state index is 12.6. The van der Waals surface area contributed by atoms with Crippen LogP contribution in [0.5, 0.6) is 0 Å². The third-order valence-electron chi connectivity index (χ3n) is 3.77. The second-order valence-electron chi connectivity index (χ2n) is 5.27. The molecule has 126 valence electrons. The second-order valence-corrected chi connectivity index (χ2v) is 9.22. The molecule has 0 radical (unpaired) electrons. The van der Waals surface area contributed by atoms with Crippen molar-refractivity contribution in [1.29, 1.82) is 5.26 Å². The fourth-order valence-corrected chi connectivity index (χ4v) is 5.50. The molecule has 3 rings (SSSR count). The molecule has 1 unspecified atom stereocenters. The van der Waals surface area contributed by atoms with Crippen LogP contribution in [-0.2, 0) is 19.7 Å². The molecule has 8 heteroatoms. The number of hydrogen-bond donors (Lipinski definition) is 0. The fourth-order valence-electron chi connectivity index (χ4n) is 2.52. The van der Waals surface area contributed by atoms with Crippen LogP contribution < -0.4 is 0 Å². The number of hydrogen-bond acceptors (Lipinski definition) is 6. The first-order valence-corrected chi connectivity index (χ1v) is 10.1. The molecule has 0 saturated carbocycles. The van der Waals surface area contributed by atoms with Crippen molar-refractivity contribution >= 4 is 25.5 Å². The van der Waals surface area contributed by atoms with Gasteiger partial charge < -0.3 is 0 Å². The van der Waals surface area contributed by atoms with Crippen LogP contribution in [-0.4, -0.2) is 27.9 Å². The number of nitriles is 1. The number of allylic oxidation sites excluding steroid dienone is 1. The largest absolute Gasteiger partial charge is 0.288 e. The van der Waals surface area contributed by atoms with Crippen molar-refractivity contribution in [2.45, 2.75) is 15.0 Å². The lowest BCUT2D eigenvalue weighted by atomic mass is 10.1. The van der Waals surface area contributed by atoms with Crippen molar-refractivity contribution in [3.05, 3.63) is 71.1 Å². The van der Waals surface area contributed by atoms with Gasteiger partial charge in [0.05, 0.1) is 15.9 Å². The van der Waals surface area contributed by atoms with Crippen molar-refractivity contribution in [3.8, 4) is 6.07 Å². The first kappa shape index (κ1) is 17.1. The maximum atomic E-state index is 12.6. The summed E-state index contributed by atoms with van der Waals surface area (Å²) in [7, 11) is -8.30. The van der Waals surface area contributed by atoms with Gasteiger partial charge in [-0.1, -0.05) is 30.3 Å². The topological polar surface area (TPSA) is 109 Å². The molecular formula is C17H11NO5S2. The van der Waals surface area contributed by atoms with Crippen molar-refractivity contribution in [3.63, 3.8) is 0 Å². The Bertz CT molecular complexity index is 1140. The third-order valence-corrected chi connectivity index (χ3v) is 7.45. The number of carbonyl (C=O) groups excluding carboxylic acids is 1. The Hall–Kier alpha value is -2.76. The lowest BCUT2D eigenvalue weighted by Gasteiger charge is -2.07. The summed E-state index contributed by atoms with van der Waals surface area (Å²) in [6.07, 6.45) is 0.722. The van der Waals surface area contributed by atoms with E-state index in [-0.39, 0.29) is 15.4 Å². The van der Waals surface area contributed by atoms with Gasteiger partial charge in [0, 0.05) is 5.56 Å². The fraction of sp³-hybridized carbons (Fsp3) is 0.0588. The zero-order valence-electron chi connectivity index (χ0n) is 12.7. The molecule has 25 heavy (non-hydrogen) atoms. The van der Waals surface area contributed by atoms with Crippen LogP contribution >= 0.6 is 0 Å². The number of carbonyl (C=O) groups is 1. The number of ketones is 1. The Morgan fingerprint density at radius 2 is 1.60 bits per heavy atom. The zero-order valence-corrected chi connectivity index (χ0v) is 14.3. The van der Waals surface area contributed by atoms with E-state index in [2.05, 4.69) is 0 Å². The summed E-state index contributed by atoms with van der Waals surface area (Å²) in [5, 5.41) is 7.48. The highest BCUT2D eigenvalue weighted by molar-refractivity contribution is 7.97. The van der Waals surface area contributed by atoms with Crippen LogP contribution in [0.25, 0.3) is 0 Å². The summed E-state index contributed by atoms with van der Waals surface area (Å²) in [6.45, 7) is 0. The van der Waals surface area contributed by atoms with E-state index >= 15 is 0 Å². The molecule has 0 amide bonds. The summed E-state index contributed by atoms with van der Waals surface area (Å²) in [4.78, 5) is 11.4. The van der Waals surface area contributed by atoms with Crippen LogP contribution in [0.1, 0.15) is 10.4 Å². The first-order chi connectivity index (χ1) is 11.8. The first-order valence-electron chi connectivity index (χ1n) is 7.09. The maximum Gasteiger partial charge on any atom is 0.210 e. The van der Waals surface area contributed by atoms with E-state index in [0.29, 0.717) is 0 Å². The van der Waals surface area contributed by atoms with Crippen LogP contribution in [0, 0.1) is 11.3 Å². The highest BCUT2D eigenvalue weighted by atomic mass is 32.2. The molecule has 1 aliphatic heterocycles.